The predicted molar refractivity (Wildman–Crippen MR) is 63.8 cm³/mol. The van der Waals surface area contributed by atoms with Crippen LogP contribution in [0.1, 0.15) is 20.3 Å². The van der Waals surface area contributed by atoms with Gasteiger partial charge in [-0.1, -0.05) is 17.7 Å². The fourth-order valence-electron chi connectivity index (χ4n) is 1.33. The molecule has 1 rings (SSSR count). The lowest BCUT2D eigenvalue weighted by atomic mass is 10.1. The molecule has 1 aliphatic carbocycles. The number of ether oxygens (including phenoxy) is 1. The van der Waals surface area contributed by atoms with Crippen LogP contribution in [-0.4, -0.2) is 18.2 Å². The number of amides is 1. The Kier molecular flexibility index (Phi) is 4.51. The number of aliphatic imine (C=N–C) groups is 1. The third-order valence-electron chi connectivity index (χ3n) is 2.02. The van der Waals surface area contributed by atoms with Crippen LogP contribution in [0.25, 0.3) is 0 Å². The highest BCUT2D eigenvalue weighted by Gasteiger charge is 2.09. The van der Waals surface area contributed by atoms with Crippen LogP contribution in [0.2, 0.25) is 0 Å². The summed E-state index contributed by atoms with van der Waals surface area (Å²) in [6, 6.07) is 0. The first-order chi connectivity index (χ1) is 7.61. The Bertz CT molecular complexity index is 378. The Balaban J connectivity index is 2.58. The van der Waals surface area contributed by atoms with Crippen molar-refractivity contribution in [3.8, 4) is 0 Å². The van der Waals surface area contributed by atoms with Gasteiger partial charge in [0.1, 0.15) is 6.10 Å². The number of rotatable bonds is 3. The largest absolute Gasteiger partial charge is 0.483 e. The summed E-state index contributed by atoms with van der Waals surface area (Å²) in [5.74, 6) is 0.123. The van der Waals surface area contributed by atoms with Crippen molar-refractivity contribution in [1.82, 2.24) is 0 Å². The first kappa shape index (κ1) is 12.2. The van der Waals surface area contributed by atoms with Crippen LogP contribution >= 0.6 is 0 Å². The molecule has 1 amide bonds. The predicted octanol–water partition coefficient (Wildman–Crippen LogP) is 1.70. The van der Waals surface area contributed by atoms with E-state index in [-0.39, 0.29) is 12.0 Å². The summed E-state index contributed by atoms with van der Waals surface area (Å²) in [7, 11) is 0. The van der Waals surface area contributed by atoms with Gasteiger partial charge in [-0.05, 0) is 13.0 Å². The number of nitrogens with two attached hydrogens (primary N) is 1. The molecule has 0 spiro atoms. The maximum Gasteiger partial charge on any atom is 0.242 e. The van der Waals surface area contributed by atoms with Gasteiger partial charge in [0.2, 0.25) is 5.91 Å². The molecule has 0 saturated heterocycles. The van der Waals surface area contributed by atoms with Crippen LogP contribution in [0.15, 0.2) is 40.8 Å². The van der Waals surface area contributed by atoms with Crippen LogP contribution < -0.4 is 5.73 Å². The van der Waals surface area contributed by atoms with E-state index in [1.165, 1.54) is 19.3 Å². The van der Waals surface area contributed by atoms with E-state index in [1.807, 2.05) is 25.2 Å². The topological polar surface area (TPSA) is 64.7 Å². The van der Waals surface area contributed by atoms with Crippen molar-refractivity contribution in [3.63, 3.8) is 0 Å². The number of hydrogen-bond acceptors (Lipinski definition) is 3. The monoisotopic (exact) mass is 220 g/mol. The van der Waals surface area contributed by atoms with Gasteiger partial charge in [0.05, 0.1) is 6.21 Å². The molecule has 86 valence electrons. The third-order valence-corrected chi connectivity index (χ3v) is 2.02. The van der Waals surface area contributed by atoms with Crippen LogP contribution in [-0.2, 0) is 9.53 Å². The number of nitrogens with zero attached hydrogens (tertiary/aromatic N) is 1. The van der Waals surface area contributed by atoms with Crippen molar-refractivity contribution in [3.05, 3.63) is 35.8 Å². The zero-order valence-electron chi connectivity index (χ0n) is 9.51. The Morgan fingerprint density at radius 3 is 3.00 bits per heavy atom. The lowest BCUT2D eigenvalue weighted by Crippen LogP contribution is -2.13. The third kappa shape index (κ3) is 4.13. The number of carbonyl (C=O) groups is 1. The molecule has 0 radical (unpaired) electrons. The molecule has 0 aromatic heterocycles. The molecule has 1 aliphatic rings. The van der Waals surface area contributed by atoms with Gasteiger partial charge < -0.3 is 10.5 Å². The maximum absolute atomic E-state index is 10.7. The zero-order valence-corrected chi connectivity index (χ0v) is 9.51. The summed E-state index contributed by atoms with van der Waals surface area (Å²) in [5.41, 5.74) is 6.53. The van der Waals surface area contributed by atoms with E-state index in [1.54, 1.807) is 0 Å². The SMILES string of the molecule is CC(=O)N=C/C(=C\N)O[C@@H]1C=C(C)C=CC1. The molecule has 0 aromatic carbocycles. The molecule has 0 fully saturated rings. The Hall–Kier alpha value is -1.84. The molecule has 4 heteroatoms. The molecule has 2 N–H and O–H groups in total. The van der Waals surface area contributed by atoms with Gasteiger partial charge in [0.25, 0.3) is 0 Å². The van der Waals surface area contributed by atoms with Gasteiger partial charge in [0.15, 0.2) is 5.76 Å². The average Bonchev–Trinajstić information content (AvgIpc) is 2.24. The Morgan fingerprint density at radius 1 is 1.69 bits per heavy atom. The highest BCUT2D eigenvalue weighted by molar-refractivity contribution is 5.89. The van der Waals surface area contributed by atoms with Crippen molar-refractivity contribution in [2.75, 3.05) is 0 Å². The van der Waals surface area contributed by atoms with Gasteiger partial charge in [0, 0.05) is 19.5 Å². The highest BCUT2D eigenvalue weighted by atomic mass is 16.5. The lowest BCUT2D eigenvalue weighted by Gasteiger charge is -2.17. The molecule has 0 saturated carbocycles. The average molecular weight is 220 g/mol. The van der Waals surface area contributed by atoms with E-state index in [2.05, 4.69) is 4.99 Å². The Labute approximate surface area is 95.2 Å². The Morgan fingerprint density at radius 2 is 2.44 bits per heavy atom. The zero-order chi connectivity index (χ0) is 12.0. The standard InChI is InChI=1S/C12H16N2O2/c1-9-4-3-5-11(6-9)16-12(7-13)8-14-10(2)15/h3-4,6-8,11H,5,13H2,1-2H3/b12-7+,14-8?/t11-/m0/s1. The fourth-order valence-corrected chi connectivity index (χ4v) is 1.33. The number of allylic oxidation sites excluding steroid dienone is 3. The molecule has 16 heavy (non-hydrogen) atoms. The second-order valence-corrected chi connectivity index (χ2v) is 3.55. The first-order valence-electron chi connectivity index (χ1n) is 5.10. The van der Waals surface area contributed by atoms with Crippen LogP contribution in [0.3, 0.4) is 0 Å². The maximum atomic E-state index is 10.7. The molecule has 0 heterocycles. The molecule has 4 nitrogen and oxygen atoms in total. The van der Waals surface area contributed by atoms with Crippen LogP contribution in [0.5, 0.6) is 0 Å². The summed E-state index contributed by atoms with van der Waals surface area (Å²) in [4.78, 5) is 14.3. The molecular formula is C12H16N2O2. The molecule has 0 bridgehead atoms. The summed E-state index contributed by atoms with van der Waals surface area (Å²) in [5, 5.41) is 0. The first-order valence-corrected chi connectivity index (χ1v) is 5.10. The second-order valence-electron chi connectivity index (χ2n) is 3.55. The van der Waals surface area contributed by atoms with E-state index in [0.717, 1.165) is 12.0 Å². The smallest absolute Gasteiger partial charge is 0.242 e. The van der Waals surface area contributed by atoms with Gasteiger partial charge in [-0.2, -0.15) is 0 Å². The van der Waals surface area contributed by atoms with E-state index < -0.39 is 0 Å². The molecule has 0 aromatic rings. The summed E-state index contributed by atoms with van der Waals surface area (Å²) >= 11 is 0. The fraction of sp³-hybridized carbons (Fsp3) is 0.333. The normalized spacial score (nSPS) is 21.0. The van der Waals surface area contributed by atoms with Crippen LogP contribution in [0.4, 0.5) is 0 Å². The minimum Gasteiger partial charge on any atom is -0.483 e. The minimum atomic E-state index is -0.279. The van der Waals surface area contributed by atoms with E-state index in [0.29, 0.717) is 5.76 Å². The van der Waals surface area contributed by atoms with Crippen molar-refractivity contribution in [2.45, 2.75) is 26.4 Å². The summed E-state index contributed by atoms with van der Waals surface area (Å²) < 4.78 is 5.57. The highest BCUT2D eigenvalue weighted by Crippen LogP contribution is 2.15. The summed E-state index contributed by atoms with van der Waals surface area (Å²) in [6.07, 6.45) is 9.47. The van der Waals surface area contributed by atoms with Crippen molar-refractivity contribution in [1.29, 1.82) is 0 Å². The van der Waals surface area contributed by atoms with E-state index >= 15 is 0 Å². The van der Waals surface area contributed by atoms with Crippen molar-refractivity contribution in [2.24, 2.45) is 10.7 Å². The lowest BCUT2D eigenvalue weighted by molar-refractivity contribution is -0.115. The van der Waals surface area contributed by atoms with E-state index in [4.69, 9.17) is 10.5 Å². The van der Waals surface area contributed by atoms with Crippen LogP contribution in [0, 0.1) is 0 Å². The molecular weight excluding hydrogens is 204 g/mol. The minimum absolute atomic E-state index is 0.0433. The van der Waals surface area contributed by atoms with Gasteiger partial charge in [-0.3, -0.25) is 4.79 Å². The van der Waals surface area contributed by atoms with Crippen molar-refractivity contribution < 1.29 is 9.53 Å². The van der Waals surface area contributed by atoms with E-state index in [9.17, 15) is 4.79 Å². The number of hydrogen-bond donors (Lipinski definition) is 1. The van der Waals surface area contributed by atoms with Gasteiger partial charge in [-0.25, -0.2) is 4.99 Å². The molecule has 1 atom stereocenters. The quantitative estimate of drug-likeness (QED) is 0.581. The van der Waals surface area contributed by atoms with Gasteiger partial charge in [-0.15, -0.1) is 0 Å². The molecule has 0 aliphatic heterocycles. The van der Waals surface area contributed by atoms with Gasteiger partial charge >= 0.3 is 0 Å². The molecule has 0 unspecified atom stereocenters. The number of carbonyl (C=O) groups excluding carboxylic acids is 1. The van der Waals surface area contributed by atoms with Crippen molar-refractivity contribution >= 4 is 12.1 Å². The second kappa shape index (κ2) is 5.90. The summed E-state index contributed by atoms with van der Waals surface area (Å²) in [6.45, 7) is 3.37.